The highest BCUT2D eigenvalue weighted by Gasteiger charge is 2.37. The third-order valence-corrected chi connectivity index (χ3v) is 7.93. The lowest BCUT2D eigenvalue weighted by atomic mass is 10.1. The molecule has 2 aliphatic heterocycles. The highest BCUT2D eigenvalue weighted by atomic mass is 35.5. The van der Waals surface area contributed by atoms with Gasteiger partial charge < -0.3 is 14.8 Å². The van der Waals surface area contributed by atoms with Crippen molar-refractivity contribution in [2.45, 2.75) is 24.7 Å². The van der Waals surface area contributed by atoms with Crippen molar-refractivity contribution in [1.82, 2.24) is 4.90 Å². The fraction of sp³-hybridized carbons (Fsp3) is 0.250. The van der Waals surface area contributed by atoms with Gasteiger partial charge in [-0.15, -0.1) is 11.8 Å². The molecule has 5 rings (SSSR count). The SMILES string of the molecule is O=C(CSCc1c(Cl)cccc1Cl)Nc1ccc(Oc2ccc3c(c2)C(=O)N(CC2CCCO2)C3=O)cc1. The average molecular weight is 571 g/mol. The maximum absolute atomic E-state index is 12.9. The maximum Gasteiger partial charge on any atom is 0.261 e. The number of halogens is 2. The molecular formula is C28H24Cl2N2O5S. The normalized spacial score (nSPS) is 16.6. The summed E-state index contributed by atoms with van der Waals surface area (Å²) in [7, 11) is 0. The number of carbonyl (C=O) groups excluding carboxylic acids is 3. The third kappa shape index (κ3) is 5.99. The van der Waals surface area contributed by atoms with Gasteiger partial charge in [0.05, 0.1) is 29.5 Å². The van der Waals surface area contributed by atoms with E-state index in [1.807, 2.05) is 0 Å². The zero-order chi connectivity index (χ0) is 26.6. The van der Waals surface area contributed by atoms with E-state index in [2.05, 4.69) is 5.32 Å². The van der Waals surface area contributed by atoms with Crippen molar-refractivity contribution in [2.24, 2.45) is 0 Å². The maximum atomic E-state index is 12.9. The lowest BCUT2D eigenvalue weighted by Crippen LogP contribution is -2.36. The number of nitrogens with zero attached hydrogens (tertiary/aromatic N) is 1. The number of nitrogens with one attached hydrogen (secondary N) is 1. The number of thioether (sulfide) groups is 1. The van der Waals surface area contributed by atoms with Gasteiger partial charge >= 0.3 is 0 Å². The van der Waals surface area contributed by atoms with E-state index in [0.717, 1.165) is 18.4 Å². The van der Waals surface area contributed by atoms with Crippen LogP contribution in [0.3, 0.4) is 0 Å². The molecular weight excluding hydrogens is 547 g/mol. The van der Waals surface area contributed by atoms with Gasteiger partial charge in [0.1, 0.15) is 11.5 Å². The molecule has 0 spiro atoms. The Morgan fingerprint density at radius 3 is 2.42 bits per heavy atom. The van der Waals surface area contributed by atoms with Crippen LogP contribution in [0.5, 0.6) is 11.5 Å². The molecule has 196 valence electrons. The lowest BCUT2D eigenvalue weighted by molar-refractivity contribution is -0.113. The second-order valence-corrected chi connectivity index (χ2v) is 10.7. The predicted octanol–water partition coefficient (Wildman–Crippen LogP) is 6.43. The highest BCUT2D eigenvalue weighted by Crippen LogP contribution is 2.31. The summed E-state index contributed by atoms with van der Waals surface area (Å²) in [5.41, 5.74) is 2.12. The molecule has 7 nitrogen and oxygen atoms in total. The molecule has 1 N–H and O–H groups in total. The van der Waals surface area contributed by atoms with E-state index in [0.29, 0.717) is 50.7 Å². The number of carbonyl (C=O) groups is 3. The van der Waals surface area contributed by atoms with Gasteiger partial charge in [0.15, 0.2) is 0 Å². The largest absolute Gasteiger partial charge is 0.457 e. The van der Waals surface area contributed by atoms with Crippen LogP contribution in [-0.4, -0.2) is 47.6 Å². The Morgan fingerprint density at radius 2 is 1.71 bits per heavy atom. The molecule has 0 radical (unpaired) electrons. The van der Waals surface area contributed by atoms with Crippen molar-refractivity contribution in [2.75, 3.05) is 24.2 Å². The number of rotatable bonds is 9. The molecule has 0 saturated carbocycles. The van der Waals surface area contributed by atoms with Crippen molar-refractivity contribution >= 4 is 58.4 Å². The molecule has 3 aromatic carbocycles. The van der Waals surface area contributed by atoms with Gasteiger partial charge in [-0.1, -0.05) is 29.3 Å². The number of anilines is 1. The summed E-state index contributed by atoms with van der Waals surface area (Å²) in [6, 6.07) is 17.1. The summed E-state index contributed by atoms with van der Waals surface area (Å²) in [6.45, 7) is 0.925. The Balaban J connectivity index is 1.14. The first kappa shape index (κ1) is 26.6. The number of imide groups is 1. The molecule has 10 heteroatoms. The Labute approximate surface area is 234 Å². The molecule has 0 aliphatic carbocycles. The monoisotopic (exact) mass is 570 g/mol. The molecule has 2 aliphatic rings. The van der Waals surface area contributed by atoms with Crippen molar-refractivity contribution in [1.29, 1.82) is 0 Å². The van der Waals surface area contributed by atoms with Crippen LogP contribution in [0.2, 0.25) is 10.0 Å². The van der Waals surface area contributed by atoms with Crippen molar-refractivity contribution in [3.63, 3.8) is 0 Å². The number of benzene rings is 3. The molecule has 1 fully saturated rings. The Kier molecular flexibility index (Phi) is 8.24. The molecule has 1 unspecified atom stereocenters. The van der Waals surface area contributed by atoms with E-state index < -0.39 is 0 Å². The quantitative estimate of drug-likeness (QED) is 0.298. The zero-order valence-corrected chi connectivity index (χ0v) is 22.6. The van der Waals surface area contributed by atoms with Gasteiger partial charge in [-0.25, -0.2) is 0 Å². The van der Waals surface area contributed by atoms with E-state index in [1.54, 1.807) is 60.7 Å². The van der Waals surface area contributed by atoms with Gasteiger partial charge in [0.25, 0.3) is 11.8 Å². The smallest absolute Gasteiger partial charge is 0.261 e. The average Bonchev–Trinajstić information content (AvgIpc) is 3.50. The number of hydrogen-bond donors (Lipinski definition) is 1. The molecule has 3 aromatic rings. The summed E-state index contributed by atoms with van der Waals surface area (Å²) in [5, 5.41) is 4.01. The van der Waals surface area contributed by atoms with Crippen molar-refractivity contribution < 1.29 is 23.9 Å². The highest BCUT2D eigenvalue weighted by molar-refractivity contribution is 7.99. The summed E-state index contributed by atoms with van der Waals surface area (Å²) in [5.74, 6) is 0.944. The van der Waals surface area contributed by atoms with Crippen LogP contribution in [0.15, 0.2) is 60.7 Å². The molecule has 0 bridgehead atoms. The topological polar surface area (TPSA) is 84.9 Å². The number of ether oxygens (including phenoxy) is 2. The molecule has 1 saturated heterocycles. The second-order valence-electron chi connectivity index (χ2n) is 8.93. The van der Waals surface area contributed by atoms with Crippen molar-refractivity contribution in [3.05, 3.63) is 87.4 Å². The van der Waals surface area contributed by atoms with E-state index >= 15 is 0 Å². The lowest BCUT2D eigenvalue weighted by Gasteiger charge is -2.17. The van der Waals surface area contributed by atoms with E-state index in [9.17, 15) is 14.4 Å². The van der Waals surface area contributed by atoms with E-state index in [4.69, 9.17) is 32.7 Å². The fourth-order valence-electron chi connectivity index (χ4n) is 4.35. The van der Waals surface area contributed by atoms with Crippen LogP contribution in [0.4, 0.5) is 5.69 Å². The zero-order valence-electron chi connectivity index (χ0n) is 20.2. The molecule has 3 amide bonds. The first-order chi connectivity index (χ1) is 18.4. The van der Waals surface area contributed by atoms with Crippen LogP contribution in [0.25, 0.3) is 0 Å². The van der Waals surface area contributed by atoms with Crippen LogP contribution >= 0.6 is 35.0 Å². The van der Waals surface area contributed by atoms with Crippen LogP contribution in [-0.2, 0) is 15.3 Å². The Morgan fingerprint density at radius 1 is 1.00 bits per heavy atom. The second kappa shape index (κ2) is 11.8. The van der Waals surface area contributed by atoms with Gasteiger partial charge in [-0.2, -0.15) is 0 Å². The molecule has 2 heterocycles. The van der Waals surface area contributed by atoms with Gasteiger partial charge in [0, 0.05) is 28.1 Å². The van der Waals surface area contributed by atoms with Gasteiger partial charge in [0.2, 0.25) is 5.91 Å². The first-order valence-corrected chi connectivity index (χ1v) is 14.0. The minimum atomic E-state index is -0.335. The number of fused-ring (bicyclic) bond motifs is 1. The summed E-state index contributed by atoms with van der Waals surface area (Å²) in [4.78, 5) is 39.2. The van der Waals surface area contributed by atoms with Crippen molar-refractivity contribution in [3.8, 4) is 11.5 Å². The Bertz CT molecular complexity index is 1360. The summed E-state index contributed by atoms with van der Waals surface area (Å²) in [6.07, 6.45) is 1.67. The third-order valence-electron chi connectivity index (χ3n) is 6.27. The Hall–Kier alpha value is -3.04. The van der Waals surface area contributed by atoms with E-state index in [1.165, 1.54) is 16.7 Å². The first-order valence-electron chi connectivity index (χ1n) is 12.1. The van der Waals surface area contributed by atoms with Crippen LogP contribution in [0.1, 0.15) is 39.1 Å². The van der Waals surface area contributed by atoms with Gasteiger partial charge in [-0.05, 0) is 73.0 Å². The summed E-state index contributed by atoms with van der Waals surface area (Å²) < 4.78 is 11.5. The molecule has 0 aromatic heterocycles. The number of amides is 3. The molecule has 1 atom stereocenters. The predicted molar refractivity (Wildman–Crippen MR) is 149 cm³/mol. The molecule has 38 heavy (non-hydrogen) atoms. The minimum Gasteiger partial charge on any atom is -0.457 e. The number of hydrogen-bond acceptors (Lipinski definition) is 6. The minimum absolute atomic E-state index is 0.105. The van der Waals surface area contributed by atoms with Gasteiger partial charge in [-0.3, -0.25) is 19.3 Å². The fourth-order valence-corrected chi connectivity index (χ4v) is 5.91. The summed E-state index contributed by atoms with van der Waals surface area (Å²) >= 11 is 13.8. The van der Waals surface area contributed by atoms with Crippen LogP contribution in [0, 0.1) is 0 Å². The standard InChI is InChI=1S/C28H24Cl2N2O5S/c29-24-4-1-5-25(30)23(24)15-38-16-26(33)31-17-6-8-18(9-7-17)37-19-10-11-21-22(13-19)28(35)32(27(21)34)14-20-3-2-12-36-20/h1,4-11,13,20H,2-3,12,14-16H2,(H,31,33). The van der Waals surface area contributed by atoms with E-state index in [-0.39, 0.29) is 36.1 Å². The van der Waals surface area contributed by atoms with Crippen LogP contribution < -0.4 is 10.1 Å².